The van der Waals surface area contributed by atoms with Crippen LogP contribution in [-0.2, 0) is 18.9 Å². The van der Waals surface area contributed by atoms with E-state index in [1.165, 1.54) is 13.8 Å². The number of aliphatic hydroxyl groups excluding tert-OH is 5. The largest absolute Gasteiger partial charge is 0.391 e. The molecule has 2 heterocycles. The van der Waals surface area contributed by atoms with Crippen LogP contribution in [0.2, 0.25) is 0 Å². The van der Waals surface area contributed by atoms with E-state index in [0.29, 0.717) is 0 Å². The summed E-state index contributed by atoms with van der Waals surface area (Å²) < 4.78 is 22.8. The molecule has 0 bridgehead atoms. The van der Waals surface area contributed by atoms with Crippen molar-refractivity contribution in [2.24, 2.45) is 17.2 Å². The molecule has 14 heteroatoms. The third-order valence-electron chi connectivity index (χ3n) is 6.95. The first-order valence-corrected chi connectivity index (χ1v) is 11.4. The Labute approximate surface area is 197 Å². The second-order valence-corrected chi connectivity index (χ2v) is 9.82. The number of nitrogens with one attached hydrogen (secondary N) is 1. The molecule has 1 aliphatic carbocycles. The lowest BCUT2D eigenvalue weighted by Gasteiger charge is -2.49. The predicted molar refractivity (Wildman–Crippen MR) is 116 cm³/mol. The monoisotopic (exact) mass is 496 g/mol. The minimum atomic E-state index is -1.46. The number of nitrogens with two attached hydrogens (primary N) is 3. The maximum absolute atomic E-state index is 11.1. The van der Waals surface area contributed by atoms with Gasteiger partial charge in [0.15, 0.2) is 12.6 Å². The summed E-state index contributed by atoms with van der Waals surface area (Å²) in [5.74, 6) is 0. The molecular formula is C20H40N4O10. The first-order chi connectivity index (χ1) is 15.8. The summed E-state index contributed by atoms with van der Waals surface area (Å²) >= 11 is 0. The third-order valence-corrected chi connectivity index (χ3v) is 6.95. The number of likely N-dealkylation sites (N-methyl/N-ethyl adjacent to an activating group) is 1. The second kappa shape index (κ2) is 10.8. The van der Waals surface area contributed by atoms with Crippen LogP contribution in [0, 0.1) is 0 Å². The Hall–Kier alpha value is -0.560. The molecule has 14 nitrogen and oxygen atoms in total. The van der Waals surface area contributed by atoms with Crippen molar-refractivity contribution in [3.05, 3.63) is 0 Å². The van der Waals surface area contributed by atoms with Gasteiger partial charge >= 0.3 is 0 Å². The molecule has 0 amide bonds. The maximum atomic E-state index is 11.1. The van der Waals surface area contributed by atoms with Crippen LogP contribution in [0.3, 0.4) is 0 Å². The standard InChI is InChI=1S/C20H40N4O10/c1-6(25)14-11(27)10(26)9(23)18(32-14)33-15-7(21)4-8(22)16(12(15)28)34-19-13(29)17(24-3)20(2,30)5-31-19/h6-19,24-30H,4-5,21-23H2,1-3H3/t6-,7+,8-,9-,10-,11+,12+,13-,14?,15-,16+,17-,18-,19-,20+/m1/s1. The highest BCUT2D eigenvalue weighted by atomic mass is 16.7. The van der Waals surface area contributed by atoms with Gasteiger partial charge in [0.2, 0.25) is 0 Å². The van der Waals surface area contributed by atoms with E-state index in [1.807, 2.05) is 0 Å². The van der Waals surface area contributed by atoms with Crippen molar-refractivity contribution in [3.63, 3.8) is 0 Å². The smallest absolute Gasteiger partial charge is 0.185 e. The average Bonchev–Trinajstić information content (AvgIpc) is 2.75. The van der Waals surface area contributed by atoms with Gasteiger partial charge in [-0.25, -0.2) is 0 Å². The number of aliphatic hydroxyl groups is 6. The van der Waals surface area contributed by atoms with Gasteiger partial charge in [0, 0.05) is 12.1 Å². The lowest BCUT2D eigenvalue weighted by Crippen LogP contribution is -2.69. The average molecular weight is 497 g/mol. The Balaban J connectivity index is 1.73. The van der Waals surface area contributed by atoms with Crippen molar-refractivity contribution < 1.29 is 49.6 Å². The van der Waals surface area contributed by atoms with E-state index >= 15 is 0 Å². The molecule has 3 fully saturated rings. The number of hydrogen-bond acceptors (Lipinski definition) is 14. The molecule has 200 valence electrons. The van der Waals surface area contributed by atoms with Gasteiger partial charge in [-0.1, -0.05) is 0 Å². The van der Waals surface area contributed by atoms with Crippen LogP contribution in [0.1, 0.15) is 20.3 Å². The van der Waals surface area contributed by atoms with Crippen molar-refractivity contribution in [3.8, 4) is 0 Å². The SMILES string of the molecule is CN[C@@H]1[C@@H](O)[C@@H](O[C@@H]2[C@@H](O)[C@H](O[C@H]3OC([C@@H](C)O)[C@@H](O)[C@H](O)[C@H]3N)[C@@H](N)C[C@H]2N)OC[C@]1(C)O. The van der Waals surface area contributed by atoms with Crippen LogP contribution >= 0.6 is 0 Å². The van der Waals surface area contributed by atoms with Crippen LogP contribution in [-0.4, -0.2) is 135 Å². The Morgan fingerprint density at radius 1 is 0.941 bits per heavy atom. The van der Waals surface area contributed by atoms with Crippen LogP contribution in [0.25, 0.3) is 0 Å². The van der Waals surface area contributed by atoms with Gasteiger partial charge in [-0.15, -0.1) is 0 Å². The maximum Gasteiger partial charge on any atom is 0.185 e. The normalized spacial score (nSPS) is 53.5. The lowest BCUT2D eigenvalue weighted by atomic mass is 9.84. The summed E-state index contributed by atoms with van der Waals surface area (Å²) in [6, 6.07) is -3.47. The van der Waals surface area contributed by atoms with Crippen molar-refractivity contribution in [1.29, 1.82) is 0 Å². The third kappa shape index (κ3) is 5.40. The Morgan fingerprint density at radius 2 is 1.50 bits per heavy atom. The summed E-state index contributed by atoms with van der Waals surface area (Å²) in [5.41, 5.74) is 17.0. The molecule has 0 aromatic carbocycles. The van der Waals surface area contributed by atoms with Gasteiger partial charge in [-0.3, -0.25) is 0 Å². The molecule has 0 radical (unpaired) electrons. The first kappa shape index (κ1) is 28.0. The van der Waals surface area contributed by atoms with E-state index in [0.717, 1.165) is 0 Å². The van der Waals surface area contributed by atoms with Crippen molar-refractivity contribution in [1.82, 2.24) is 5.32 Å². The van der Waals surface area contributed by atoms with Gasteiger partial charge < -0.3 is 72.1 Å². The molecule has 0 aromatic heterocycles. The van der Waals surface area contributed by atoms with Gasteiger partial charge in [-0.05, 0) is 27.3 Å². The molecule has 3 rings (SSSR count). The molecule has 0 aromatic rings. The van der Waals surface area contributed by atoms with Crippen molar-refractivity contribution >= 4 is 0 Å². The van der Waals surface area contributed by atoms with Crippen molar-refractivity contribution in [2.45, 2.75) is 111 Å². The highest BCUT2D eigenvalue weighted by molar-refractivity contribution is 5.02. The summed E-state index contributed by atoms with van der Waals surface area (Å²) in [4.78, 5) is 0. The molecule has 0 spiro atoms. The van der Waals surface area contributed by atoms with Crippen LogP contribution in [0.5, 0.6) is 0 Å². The summed E-state index contributed by atoms with van der Waals surface area (Å²) in [7, 11) is 1.58. The molecule has 1 saturated carbocycles. The van der Waals surface area contributed by atoms with Crippen molar-refractivity contribution in [2.75, 3.05) is 13.7 Å². The lowest BCUT2D eigenvalue weighted by molar-refractivity contribution is -0.319. The Morgan fingerprint density at radius 3 is 2.03 bits per heavy atom. The second-order valence-electron chi connectivity index (χ2n) is 9.82. The molecule has 1 unspecified atom stereocenters. The fourth-order valence-corrected chi connectivity index (χ4v) is 4.95. The van der Waals surface area contributed by atoms with Gasteiger partial charge in [0.1, 0.15) is 48.3 Å². The van der Waals surface area contributed by atoms with E-state index in [4.69, 9.17) is 36.1 Å². The van der Waals surface area contributed by atoms with E-state index in [9.17, 15) is 30.6 Å². The molecule has 3 aliphatic rings. The molecule has 13 N–H and O–H groups in total. The molecule has 34 heavy (non-hydrogen) atoms. The zero-order valence-electron chi connectivity index (χ0n) is 19.5. The highest BCUT2D eigenvalue weighted by Gasteiger charge is 2.52. The van der Waals surface area contributed by atoms with Gasteiger partial charge in [-0.2, -0.15) is 0 Å². The number of rotatable bonds is 6. The number of hydrogen-bond donors (Lipinski definition) is 10. The fourth-order valence-electron chi connectivity index (χ4n) is 4.95. The van der Waals surface area contributed by atoms with Crippen LogP contribution < -0.4 is 22.5 Å². The summed E-state index contributed by atoms with van der Waals surface area (Å²) in [5, 5.41) is 65.2. The summed E-state index contributed by atoms with van der Waals surface area (Å²) in [6.07, 6.45) is -12.4. The molecule has 15 atom stereocenters. The topological polar surface area (TPSA) is 248 Å². The van der Waals surface area contributed by atoms with Gasteiger partial charge in [0.25, 0.3) is 0 Å². The van der Waals surface area contributed by atoms with E-state index in [1.54, 1.807) is 7.05 Å². The first-order valence-electron chi connectivity index (χ1n) is 11.4. The van der Waals surface area contributed by atoms with E-state index in [2.05, 4.69) is 5.32 Å². The zero-order valence-corrected chi connectivity index (χ0v) is 19.5. The van der Waals surface area contributed by atoms with E-state index in [-0.39, 0.29) is 13.0 Å². The van der Waals surface area contributed by atoms with Crippen LogP contribution in [0.15, 0.2) is 0 Å². The highest BCUT2D eigenvalue weighted by Crippen LogP contribution is 2.32. The fraction of sp³-hybridized carbons (Fsp3) is 1.00. The predicted octanol–water partition coefficient (Wildman–Crippen LogP) is -5.61. The Bertz CT molecular complexity index is 675. The molecule has 2 aliphatic heterocycles. The molecular weight excluding hydrogens is 456 g/mol. The summed E-state index contributed by atoms with van der Waals surface area (Å²) in [6.45, 7) is 2.75. The van der Waals surface area contributed by atoms with Gasteiger partial charge in [0.05, 0.1) is 24.8 Å². The molecule has 2 saturated heterocycles. The minimum absolute atomic E-state index is 0.135. The minimum Gasteiger partial charge on any atom is -0.391 e. The zero-order chi connectivity index (χ0) is 25.5. The quantitative estimate of drug-likeness (QED) is 0.165. The van der Waals surface area contributed by atoms with Crippen LogP contribution in [0.4, 0.5) is 0 Å². The number of ether oxygens (including phenoxy) is 4. The Kier molecular flexibility index (Phi) is 8.92. The van der Waals surface area contributed by atoms with E-state index < -0.39 is 91.2 Å².